The molecule has 0 N–H and O–H groups in total. The third-order valence-corrected chi connectivity index (χ3v) is 2.56. The van der Waals surface area contributed by atoms with Gasteiger partial charge in [0.25, 0.3) is 0 Å². The molecule has 1 aromatic carbocycles. The maximum atomic E-state index is 10.9. The zero-order chi connectivity index (χ0) is 11.4. The van der Waals surface area contributed by atoms with Crippen LogP contribution in [-0.4, -0.2) is 32.5 Å². The fourth-order valence-electron chi connectivity index (χ4n) is 1.65. The van der Waals surface area contributed by atoms with Gasteiger partial charge in [-0.25, -0.2) is 4.79 Å². The van der Waals surface area contributed by atoms with Crippen LogP contribution in [0, 0.1) is 6.92 Å². The van der Waals surface area contributed by atoms with Crippen LogP contribution in [-0.2, 0) is 9.47 Å². The molecular formula is C12H15NO3. The van der Waals surface area contributed by atoms with E-state index < -0.39 is 6.16 Å². The Labute approximate surface area is 94.8 Å². The summed E-state index contributed by atoms with van der Waals surface area (Å²) in [7, 11) is 0. The molecular weight excluding hydrogens is 206 g/mol. The van der Waals surface area contributed by atoms with Crippen molar-refractivity contribution in [3.63, 3.8) is 0 Å². The van der Waals surface area contributed by atoms with Crippen molar-refractivity contribution in [2.45, 2.75) is 6.92 Å². The summed E-state index contributed by atoms with van der Waals surface area (Å²) < 4.78 is 9.71. The van der Waals surface area contributed by atoms with Gasteiger partial charge in [0.1, 0.15) is 13.2 Å². The highest BCUT2D eigenvalue weighted by Crippen LogP contribution is 2.15. The van der Waals surface area contributed by atoms with Crippen LogP contribution in [0.2, 0.25) is 0 Å². The summed E-state index contributed by atoms with van der Waals surface area (Å²) in [5.41, 5.74) is 2.37. The van der Waals surface area contributed by atoms with Gasteiger partial charge in [0, 0.05) is 5.69 Å². The van der Waals surface area contributed by atoms with Crippen molar-refractivity contribution in [3.8, 4) is 0 Å². The Kier molecular flexibility index (Phi) is 3.29. The zero-order valence-electron chi connectivity index (χ0n) is 9.31. The van der Waals surface area contributed by atoms with Gasteiger partial charge in [-0.15, -0.1) is 0 Å². The minimum atomic E-state index is -0.566. The Bertz CT molecular complexity index is 349. The van der Waals surface area contributed by atoms with E-state index >= 15 is 0 Å². The molecule has 1 heterocycles. The standard InChI is InChI=1S/C12H15NO3/c1-10-2-4-11(5-3-10)13-6-8-15-12(14)16-9-7-13/h2-5H,6-9H2,1H3. The molecule has 1 aliphatic rings. The first-order chi connectivity index (χ1) is 7.75. The van der Waals surface area contributed by atoms with E-state index in [1.54, 1.807) is 0 Å². The van der Waals surface area contributed by atoms with Crippen LogP contribution < -0.4 is 4.90 Å². The molecule has 4 nitrogen and oxygen atoms in total. The molecule has 0 unspecified atom stereocenters. The van der Waals surface area contributed by atoms with Crippen LogP contribution in [0.4, 0.5) is 10.5 Å². The number of nitrogens with zero attached hydrogens (tertiary/aromatic N) is 1. The van der Waals surface area contributed by atoms with Gasteiger partial charge in [0.05, 0.1) is 13.1 Å². The van der Waals surface area contributed by atoms with E-state index in [1.165, 1.54) is 5.56 Å². The third-order valence-electron chi connectivity index (χ3n) is 2.56. The summed E-state index contributed by atoms with van der Waals surface area (Å²) in [5.74, 6) is 0. The summed E-state index contributed by atoms with van der Waals surface area (Å²) >= 11 is 0. The average molecular weight is 221 g/mol. The van der Waals surface area contributed by atoms with Gasteiger partial charge >= 0.3 is 6.16 Å². The fourth-order valence-corrected chi connectivity index (χ4v) is 1.65. The SMILES string of the molecule is Cc1ccc(N2CCOC(=O)OCC2)cc1. The number of ether oxygens (including phenoxy) is 2. The quantitative estimate of drug-likeness (QED) is 0.680. The van der Waals surface area contributed by atoms with E-state index in [4.69, 9.17) is 9.47 Å². The van der Waals surface area contributed by atoms with Crippen LogP contribution in [0.15, 0.2) is 24.3 Å². The van der Waals surface area contributed by atoms with Gasteiger partial charge in [0.2, 0.25) is 0 Å². The molecule has 0 aliphatic carbocycles. The number of benzene rings is 1. The molecule has 1 aromatic rings. The molecule has 0 atom stereocenters. The van der Waals surface area contributed by atoms with E-state index in [9.17, 15) is 4.79 Å². The first kappa shape index (κ1) is 10.8. The number of anilines is 1. The van der Waals surface area contributed by atoms with Crippen molar-refractivity contribution < 1.29 is 14.3 Å². The maximum absolute atomic E-state index is 10.9. The minimum Gasteiger partial charge on any atom is -0.432 e. The first-order valence-electron chi connectivity index (χ1n) is 5.37. The molecule has 16 heavy (non-hydrogen) atoms. The second-order valence-electron chi connectivity index (χ2n) is 3.77. The molecule has 0 aromatic heterocycles. The molecule has 2 rings (SSSR count). The van der Waals surface area contributed by atoms with Gasteiger partial charge in [-0.05, 0) is 19.1 Å². The van der Waals surface area contributed by atoms with Crippen LogP contribution in [0.25, 0.3) is 0 Å². The van der Waals surface area contributed by atoms with E-state index in [2.05, 4.69) is 36.1 Å². The van der Waals surface area contributed by atoms with Crippen molar-refractivity contribution in [1.29, 1.82) is 0 Å². The molecule has 86 valence electrons. The molecule has 1 fully saturated rings. The molecule has 4 heteroatoms. The lowest BCUT2D eigenvalue weighted by Gasteiger charge is -2.26. The predicted octanol–water partition coefficient (Wildman–Crippen LogP) is 1.97. The summed E-state index contributed by atoms with van der Waals surface area (Å²) in [5, 5.41) is 0. The Morgan fingerprint density at radius 2 is 1.62 bits per heavy atom. The number of cyclic esters (lactones) is 2. The predicted molar refractivity (Wildman–Crippen MR) is 60.7 cm³/mol. The summed E-state index contributed by atoms with van der Waals surface area (Å²) in [4.78, 5) is 13.0. The monoisotopic (exact) mass is 221 g/mol. The molecule has 0 saturated carbocycles. The van der Waals surface area contributed by atoms with E-state index in [1.807, 2.05) is 0 Å². The lowest BCUT2D eigenvalue weighted by molar-refractivity contribution is 0.0519. The van der Waals surface area contributed by atoms with Crippen molar-refractivity contribution in [1.82, 2.24) is 0 Å². The van der Waals surface area contributed by atoms with Crippen molar-refractivity contribution in [2.75, 3.05) is 31.2 Å². The van der Waals surface area contributed by atoms with Gasteiger partial charge in [-0.3, -0.25) is 0 Å². The Balaban J connectivity index is 2.03. The highest BCUT2D eigenvalue weighted by Gasteiger charge is 2.13. The number of hydrogen-bond acceptors (Lipinski definition) is 4. The molecule has 0 spiro atoms. The Morgan fingerprint density at radius 3 is 2.19 bits per heavy atom. The van der Waals surface area contributed by atoms with Crippen molar-refractivity contribution in [2.24, 2.45) is 0 Å². The van der Waals surface area contributed by atoms with Gasteiger partial charge < -0.3 is 14.4 Å². The molecule has 0 bridgehead atoms. The Morgan fingerprint density at radius 1 is 1.06 bits per heavy atom. The number of hydrogen-bond donors (Lipinski definition) is 0. The van der Waals surface area contributed by atoms with Gasteiger partial charge in [-0.1, -0.05) is 17.7 Å². The lowest BCUT2D eigenvalue weighted by Crippen LogP contribution is -2.34. The second-order valence-corrected chi connectivity index (χ2v) is 3.77. The number of carbonyl (C=O) groups excluding carboxylic acids is 1. The van der Waals surface area contributed by atoms with Crippen LogP contribution in [0.1, 0.15) is 5.56 Å². The van der Waals surface area contributed by atoms with Gasteiger partial charge in [0.15, 0.2) is 0 Å². The van der Waals surface area contributed by atoms with Crippen molar-refractivity contribution >= 4 is 11.8 Å². The average Bonchev–Trinajstić information content (AvgIpc) is 2.25. The molecule has 0 amide bonds. The normalized spacial score (nSPS) is 17.1. The van der Waals surface area contributed by atoms with Crippen LogP contribution >= 0.6 is 0 Å². The fraction of sp³-hybridized carbons (Fsp3) is 0.417. The Hall–Kier alpha value is -1.71. The summed E-state index contributed by atoms with van der Waals surface area (Å²) in [6.45, 7) is 4.21. The number of aryl methyl sites for hydroxylation is 1. The molecule has 1 aliphatic heterocycles. The highest BCUT2D eigenvalue weighted by atomic mass is 16.7. The van der Waals surface area contributed by atoms with E-state index in [0.29, 0.717) is 26.3 Å². The maximum Gasteiger partial charge on any atom is 0.508 e. The highest BCUT2D eigenvalue weighted by molar-refractivity contribution is 5.60. The van der Waals surface area contributed by atoms with E-state index in [0.717, 1.165) is 5.69 Å². The summed E-state index contributed by atoms with van der Waals surface area (Å²) in [6.07, 6.45) is -0.566. The first-order valence-corrected chi connectivity index (χ1v) is 5.37. The van der Waals surface area contributed by atoms with Crippen molar-refractivity contribution in [3.05, 3.63) is 29.8 Å². The zero-order valence-corrected chi connectivity index (χ0v) is 9.31. The minimum absolute atomic E-state index is 0.368. The van der Waals surface area contributed by atoms with Crippen LogP contribution in [0.5, 0.6) is 0 Å². The molecule has 0 radical (unpaired) electrons. The smallest absolute Gasteiger partial charge is 0.432 e. The topological polar surface area (TPSA) is 38.8 Å². The largest absolute Gasteiger partial charge is 0.508 e. The number of rotatable bonds is 1. The third kappa shape index (κ3) is 2.66. The van der Waals surface area contributed by atoms with Gasteiger partial charge in [-0.2, -0.15) is 0 Å². The number of carbonyl (C=O) groups is 1. The lowest BCUT2D eigenvalue weighted by atomic mass is 10.2. The van der Waals surface area contributed by atoms with Crippen LogP contribution in [0.3, 0.4) is 0 Å². The summed E-state index contributed by atoms with van der Waals surface area (Å²) in [6, 6.07) is 8.28. The van der Waals surface area contributed by atoms with E-state index in [-0.39, 0.29) is 0 Å². The second kappa shape index (κ2) is 4.88. The molecule has 1 saturated heterocycles.